The van der Waals surface area contributed by atoms with Crippen molar-refractivity contribution in [1.29, 1.82) is 0 Å². The average molecular weight is 291 g/mol. The van der Waals surface area contributed by atoms with Crippen molar-refractivity contribution >= 4 is 6.09 Å². The fourth-order valence-electron chi connectivity index (χ4n) is 2.74. The van der Waals surface area contributed by atoms with Gasteiger partial charge in [0.2, 0.25) is 0 Å². The van der Waals surface area contributed by atoms with Gasteiger partial charge in [0, 0.05) is 32.2 Å². The maximum Gasteiger partial charge on any atom is 0.410 e. The van der Waals surface area contributed by atoms with Gasteiger partial charge in [-0.05, 0) is 25.5 Å². The molecule has 2 rings (SSSR count). The quantitative estimate of drug-likeness (QED) is 0.866. The molecule has 0 saturated carbocycles. The van der Waals surface area contributed by atoms with E-state index in [4.69, 9.17) is 10.5 Å². The van der Waals surface area contributed by atoms with Gasteiger partial charge in [-0.2, -0.15) is 0 Å². The van der Waals surface area contributed by atoms with Crippen molar-refractivity contribution in [2.45, 2.75) is 25.5 Å². The van der Waals surface area contributed by atoms with Gasteiger partial charge in [-0.25, -0.2) is 4.79 Å². The van der Waals surface area contributed by atoms with E-state index in [1.54, 1.807) is 0 Å². The summed E-state index contributed by atoms with van der Waals surface area (Å²) >= 11 is 0. The minimum atomic E-state index is -0.206. The minimum Gasteiger partial charge on any atom is -0.445 e. The summed E-state index contributed by atoms with van der Waals surface area (Å²) < 4.78 is 5.43. The Morgan fingerprint density at radius 2 is 2.19 bits per heavy atom. The van der Waals surface area contributed by atoms with Crippen LogP contribution >= 0.6 is 0 Å². The molecule has 21 heavy (non-hydrogen) atoms. The van der Waals surface area contributed by atoms with Crippen LogP contribution in [0.1, 0.15) is 18.4 Å². The lowest BCUT2D eigenvalue weighted by molar-refractivity contribution is 0.0863. The van der Waals surface area contributed by atoms with E-state index in [1.165, 1.54) is 0 Å². The third kappa shape index (κ3) is 4.72. The lowest BCUT2D eigenvalue weighted by Gasteiger charge is -2.28. The number of benzene rings is 1. The maximum absolute atomic E-state index is 12.2. The average Bonchev–Trinajstić information content (AvgIpc) is 2.94. The Morgan fingerprint density at radius 1 is 1.43 bits per heavy atom. The molecule has 1 fully saturated rings. The van der Waals surface area contributed by atoms with Crippen LogP contribution in [0.3, 0.4) is 0 Å². The zero-order chi connectivity index (χ0) is 15.1. The lowest BCUT2D eigenvalue weighted by atomic mass is 10.2. The van der Waals surface area contributed by atoms with Gasteiger partial charge in [-0.1, -0.05) is 30.3 Å². The van der Waals surface area contributed by atoms with Gasteiger partial charge in [-0.3, -0.25) is 0 Å². The second-order valence-electron chi connectivity index (χ2n) is 5.58. The number of nitrogens with zero attached hydrogens (tertiary/aromatic N) is 2. The van der Waals surface area contributed by atoms with E-state index in [0.29, 0.717) is 13.2 Å². The van der Waals surface area contributed by atoms with Gasteiger partial charge in [0.15, 0.2) is 0 Å². The Labute approximate surface area is 126 Å². The Balaban J connectivity index is 1.83. The van der Waals surface area contributed by atoms with E-state index < -0.39 is 0 Å². The Kier molecular flexibility index (Phi) is 6.02. The van der Waals surface area contributed by atoms with Gasteiger partial charge in [0.05, 0.1) is 0 Å². The number of likely N-dealkylation sites (N-methyl/N-ethyl adjacent to an activating group) is 1. The van der Waals surface area contributed by atoms with Crippen molar-refractivity contribution in [3.8, 4) is 0 Å². The van der Waals surface area contributed by atoms with Crippen molar-refractivity contribution < 1.29 is 9.53 Å². The molecule has 1 amide bonds. The fourth-order valence-corrected chi connectivity index (χ4v) is 2.74. The summed E-state index contributed by atoms with van der Waals surface area (Å²) in [4.78, 5) is 16.3. The van der Waals surface area contributed by atoms with Gasteiger partial charge in [0.25, 0.3) is 0 Å². The Morgan fingerprint density at radius 3 is 2.90 bits per heavy atom. The number of carbonyl (C=O) groups is 1. The largest absolute Gasteiger partial charge is 0.445 e. The van der Waals surface area contributed by atoms with Crippen molar-refractivity contribution in [2.24, 2.45) is 5.73 Å². The monoisotopic (exact) mass is 291 g/mol. The van der Waals surface area contributed by atoms with Crippen LogP contribution in [-0.4, -0.2) is 55.2 Å². The maximum atomic E-state index is 12.2. The predicted octanol–water partition coefficient (Wildman–Crippen LogP) is 1.68. The van der Waals surface area contributed by atoms with E-state index in [2.05, 4.69) is 4.90 Å². The molecule has 0 aromatic heterocycles. The molecule has 1 aromatic carbocycles. The zero-order valence-corrected chi connectivity index (χ0v) is 12.7. The molecule has 1 aromatic rings. The first kappa shape index (κ1) is 15.8. The molecule has 0 radical (unpaired) electrons. The molecule has 5 nitrogen and oxygen atoms in total. The van der Waals surface area contributed by atoms with Crippen molar-refractivity contribution in [1.82, 2.24) is 9.80 Å². The molecule has 116 valence electrons. The minimum absolute atomic E-state index is 0.206. The van der Waals surface area contributed by atoms with Crippen molar-refractivity contribution in [3.63, 3.8) is 0 Å². The summed E-state index contributed by atoms with van der Waals surface area (Å²) in [7, 11) is 2.04. The first-order valence-electron chi connectivity index (χ1n) is 7.56. The van der Waals surface area contributed by atoms with Crippen LogP contribution < -0.4 is 5.73 Å². The highest BCUT2D eigenvalue weighted by Crippen LogP contribution is 2.19. The molecule has 1 heterocycles. The number of rotatable bonds is 6. The first-order chi connectivity index (χ1) is 10.2. The van der Waals surface area contributed by atoms with Crippen LogP contribution in [0.25, 0.3) is 0 Å². The van der Waals surface area contributed by atoms with E-state index in [-0.39, 0.29) is 12.1 Å². The van der Waals surface area contributed by atoms with Crippen LogP contribution in [0.15, 0.2) is 30.3 Å². The summed E-state index contributed by atoms with van der Waals surface area (Å²) in [5.41, 5.74) is 6.58. The molecular formula is C16H25N3O2. The second kappa shape index (κ2) is 8.00. The highest BCUT2D eigenvalue weighted by molar-refractivity contribution is 5.68. The summed E-state index contributed by atoms with van der Waals surface area (Å²) in [5.74, 6) is 0. The summed E-state index contributed by atoms with van der Waals surface area (Å²) in [6.07, 6.45) is 1.87. The molecule has 1 atom stereocenters. The van der Waals surface area contributed by atoms with Gasteiger partial charge >= 0.3 is 6.09 Å². The third-order valence-corrected chi connectivity index (χ3v) is 3.85. The molecule has 1 aliphatic rings. The van der Waals surface area contributed by atoms with E-state index in [0.717, 1.165) is 38.0 Å². The fraction of sp³-hybridized carbons (Fsp3) is 0.562. The topological polar surface area (TPSA) is 58.8 Å². The second-order valence-corrected chi connectivity index (χ2v) is 5.58. The molecular weight excluding hydrogens is 266 g/mol. The normalized spacial score (nSPS) is 18.2. The van der Waals surface area contributed by atoms with Crippen LogP contribution in [0.2, 0.25) is 0 Å². The summed E-state index contributed by atoms with van der Waals surface area (Å²) in [6.45, 7) is 3.47. The summed E-state index contributed by atoms with van der Waals surface area (Å²) in [6, 6.07) is 10.0. The summed E-state index contributed by atoms with van der Waals surface area (Å²) in [5, 5.41) is 0. The smallest absolute Gasteiger partial charge is 0.410 e. The molecule has 0 spiro atoms. The van der Waals surface area contributed by atoms with Gasteiger partial charge in [0.1, 0.15) is 6.61 Å². The number of likely N-dealkylation sites (tertiary alicyclic amines) is 1. The molecule has 2 N–H and O–H groups in total. The molecule has 1 aliphatic heterocycles. The standard InChI is InChI=1S/C16H25N3O2/c1-18(11-9-17)12-15-8-5-10-19(15)16(20)21-13-14-6-3-2-4-7-14/h2-4,6-7,15H,5,8-13,17H2,1H3/t15-/m1/s1. The number of ether oxygens (including phenoxy) is 1. The number of amides is 1. The van der Waals surface area contributed by atoms with E-state index in [1.807, 2.05) is 42.3 Å². The molecule has 1 saturated heterocycles. The van der Waals surface area contributed by atoms with E-state index in [9.17, 15) is 4.79 Å². The lowest BCUT2D eigenvalue weighted by Crippen LogP contribution is -2.43. The molecule has 0 aliphatic carbocycles. The van der Waals surface area contributed by atoms with Gasteiger partial charge < -0.3 is 20.3 Å². The zero-order valence-electron chi connectivity index (χ0n) is 12.7. The molecule has 0 bridgehead atoms. The van der Waals surface area contributed by atoms with Crippen LogP contribution in [0, 0.1) is 0 Å². The van der Waals surface area contributed by atoms with E-state index >= 15 is 0 Å². The highest BCUT2D eigenvalue weighted by atomic mass is 16.6. The SMILES string of the molecule is CN(CCN)C[C@H]1CCCN1C(=O)OCc1ccccc1. The molecule has 5 heteroatoms. The third-order valence-electron chi connectivity index (χ3n) is 3.85. The highest BCUT2D eigenvalue weighted by Gasteiger charge is 2.30. The number of hydrogen-bond acceptors (Lipinski definition) is 4. The Bertz CT molecular complexity index is 438. The molecule has 0 unspecified atom stereocenters. The number of nitrogens with two attached hydrogens (primary N) is 1. The predicted molar refractivity (Wildman–Crippen MR) is 82.9 cm³/mol. The van der Waals surface area contributed by atoms with Gasteiger partial charge in [-0.15, -0.1) is 0 Å². The van der Waals surface area contributed by atoms with Crippen LogP contribution in [0.4, 0.5) is 4.79 Å². The van der Waals surface area contributed by atoms with Crippen LogP contribution in [0.5, 0.6) is 0 Å². The van der Waals surface area contributed by atoms with Crippen LogP contribution in [-0.2, 0) is 11.3 Å². The Hall–Kier alpha value is -1.59. The van der Waals surface area contributed by atoms with Crippen molar-refractivity contribution in [3.05, 3.63) is 35.9 Å². The van der Waals surface area contributed by atoms with Crippen molar-refractivity contribution in [2.75, 3.05) is 33.2 Å². The number of carbonyl (C=O) groups excluding carboxylic acids is 1. The number of hydrogen-bond donors (Lipinski definition) is 1. The first-order valence-corrected chi connectivity index (χ1v) is 7.56.